The van der Waals surface area contributed by atoms with Crippen LogP contribution in [0.25, 0.3) is 10.8 Å². The first-order valence-electron chi connectivity index (χ1n) is 8.69. The maximum atomic E-state index is 12.2. The standard InChI is InChI=1S/C21H18BrNO4/c22-16-4-2-15-11-18(6-3-14(15)10-16)27-13-21(24)23-17-5-7-19-20(12-17)26-9-1-8-25-19/h2-7,10-12H,1,8-9,13H2,(H,23,24). The molecule has 1 aliphatic rings. The molecule has 0 spiro atoms. The second kappa shape index (κ2) is 7.88. The Labute approximate surface area is 165 Å². The van der Waals surface area contributed by atoms with Crippen LogP contribution in [0.5, 0.6) is 17.2 Å². The Morgan fingerprint density at radius 1 is 0.963 bits per heavy atom. The fourth-order valence-corrected chi connectivity index (χ4v) is 3.25. The maximum absolute atomic E-state index is 12.2. The summed E-state index contributed by atoms with van der Waals surface area (Å²) in [6, 6.07) is 17.1. The van der Waals surface area contributed by atoms with Crippen molar-refractivity contribution in [3.63, 3.8) is 0 Å². The Morgan fingerprint density at radius 2 is 1.74 bits per heavy atom. The second-order valence-corrected chi connectivity index (χ2v) is 7.12. The number of hydrogen-bond acceptors (Lipinski definition) is 4. The molecular formula is C21H18BrNO4. The molecule has 1 aliphatic heterocycles. The van der Waals surface area contributed by atoms with Gasteiger partial charge >= 0.3 is 0 Å². The van der Waals surface area contributed by atoms with Gasteiger partial charge in [0, 0.05) is 22.6 Å². The van der Waals surface area contributed by atoms with E-state index >= 15 is 0 Å². The molecule has 3 aromatic carbocycles. The first kappa shape index (κ1) is 17.7. The third-order valence-electron chi connectivity index (χ3n) is 4.17. The van der Waals surface area contributed by atoms with Crippen LogP contribution in [0.4, 0.5) is 5.69 Å². The van der Waals surface area contributed by atoms with Gasteiger partial charge in [0.2, 0.25) is 0 Å². The molecule has 0 saturated carbocycles. The van der Waals surface area contributed by atoms with Crippen molar-refractivity contribution >= 4 is 38.3 Å². The highest BCUT2D eigenvalue weighted by molar-refractivity contribution is 9.10. The summed E-state index contributed by atoms with van der Waals surface area (Å²) < 4.78 is 17.9. The number of anilines is 1. The Bertz CT molecular complexity index is 989. The van der Waals surface area contributed by atoms with E-state index in [9.17, 15) is 4.79 Å². The van der Waals surface area contributed by atoms with Crippen molar-refractivity contribution < 1.29 is 19.0 Å². The molecule has 1 N–H and O–H groups in total. The summed E-state index contributed by atoms with van der Waals surface area (Å²) in [5.41, 5.74) is 0.649. The van der Waals surface area contributed by atoms with Crippen LogP contribution >= 0.6 is 15.9 Å². The second-order valence-electron chi connectivity index (χ2n) is 6.20. The van der Waals surface area contributed by atoms with Crippen LogP contribution in [-0.4, -0.2) is 25.7 Å². The molecule has 0 aliphatic carbocycles. The normalized spacial score (nSPS) is 13.1. The highest BCUT2D eigenvalue weighted by Gasteiger charge is 2.12. The molecule has 3 aromatic rings. The number of amides is 1. The molecule has 0 aromatic heterocycles. The molecule has 1 heterocycles. The molecule has 0 fully saturated rings. The largest absolute Gasteiger partial charge is 0.490 e. The number of benzene rings is 3. The Kier molecular flexibility index (Phi) is 5.16. The maximum Gasteiger partial charge on any atom is 0.262 e. The zero-order valence-corrected chi connectivity index (χ0v) is 16.1. The van der Waals surface area contributed by atoms with E-state index in [1.165, 1.54) is 0 Å². The molecule has 1 amide bonds. The third-order valence-corrected chi connectivity index (χ3v) is 4.67. The van der Waals surface area contributed by atoms with E-state index in [-0.39, 0.29) is 12.5 Å². The molecule has 4 rings (SSSR count). The van der Waals surface area contributed by atoms with E-state index in [0.29, 0.717) is 36.1 Å². The van der Waals surface area contributed by atoms with Gasteiger partial charge in [-0.2, -0.15) is 0 Å². The topological polar surface area (TPSA) is 56.8 Å². The van der Waals surface area contributed by atoms with E-state index in [2.05, 4.69) is 21.2 Å². The minimum Gasteiger partial charge on any atom is -0.490 e. The Balaban J connectivity index is 1.38. The lowest BCUT2D eigenvalue weighted by molar-refractivity contribution is -0.118. The van der Waals surface area contributed by atoms with Gasteiger partial charge in [0.25, 0.3) is 5.91 Å². The van der Waals surface area contributed by atoms with Gasteiger partial charge in [0.05, 0.1) is 13.2 Å². The van der Waals surface area contributed by atoms with Gasteiger partial charge < -0.3 is 19.5 Å². The quantitative estimate of drug-likeness (QED) is 0.650. The fourth-order valence-electron chi connectivity index (χ4n) is 2.87. The van der Waals surface area contributed by atoms with Crippen molar-refractivity contribution in [1.82, 2.24) is 0 Å². The van der Waals surface area contributed by atoms with Gasteiger partial charge in [-0.05, 0) is 47.2 Å². The van der Waals surface area contributed by atoms with Crippen LogP contribution in [0.15, 0.2) is 59.1 Å². The SMILES string of the molecule is O=C(COc1ccc2cc(Br)ccc2c1)Nc1ccc2c(c1)OCCCO2. The van der Waals surface area contributed by atoms with Gasteiger partial charge in [-0.3, -0.25) is 4.79 Å². The zero-order chi connectivity index (χ0) is 18.6. The van der Waals surface area contributed by atoms with Crippen LogP contribution in [-0.2, 0) is 4.79 Å². The summed E-state index contributed by atoms with van der Waals surface area (Å²) in [6.07, 6.45) is 0.840. The minimum absolute atomic E-state index is 0.0729. The number of rotatable bonds is 4. The molecule has 5 nitrogen and oxygen atoms in total. The van der Waals surface area contributed by atoms with E-state index in [4.69, 9.17) is 14.2 Å². The summed E-state index contributed by atoms with van der Waals surface area (Å²) in [6.45, 7) is 1.16. The predicted molar refractivity (Wildman–Crippen MR) is 108 cm³/mol. The molecular weight excluding hydrogens is 410 g/mol. The lowest BCUT2D eigenvalue weighted by Gasteiger charge is -2.11. The monoisotopic (exact) mass is 427 g/mol. The molecule has 27 heavy (non-hydrogen) atoms. The van der Waals surface area contributed by atoms with Crippen molar-refractivity contribution in [1.29, 1.82) is 0 Å². The number of carbonyl (C=O) groups is 1. The molecule has 138 valence electrons. The van der Waals surface area contributed by atoms with Crippen molar-refractivity contribution in [3.05, 3.63) is 59.1 Å². The fraction of sp³-hybridized carbons (Fsp3) is 0.190. The van der Waals surface area contributed by atoms with Crippen molar-refractivity contribution in [3.8, 4) is 17.2 Å². The van der Waals surface area contributed by atoms with Gasteiger partial charge in [-0.25, -0.2) is 0 Å². The number of halogens is 1. The third kappa shape index (κ3) is 4.34. The van der Waals surface area contributed by atoms with E-state index in [1.807, 2.05) is 36.4 Å². The van der Waals surface area contributed by atoms with Crippen LogP contribution in [0.2, 0.25) is 0 Å². The average molecular weight is 428 g/mol. The molecule has 0 radical (unpaired) electrons. The number of carbonyl (C=O) groups excluding carboxylic acids is 1. The van der Waals surface area contributed by atoms with Crippen molar-refractivity contribution in [2.24, 2.45) is 0 Å². The van der Waals surface area contributed by atoms with Crippen LogP contribution < -0.4 is 19.5 Å². The van der Waals surface area contributed by atoms with Crippen LogP contribution in [0, 0.1) is 0 Å². The van der Waals surface area contributed by atoms with Gasteiger partial charge in [-0.15, -0.1) is 0 Å². The summed E-state index contributed by atoms with van der Waals surface area (Å²) in [5.74, 6) is 1.76. The van der Waals surface area contributed by atoms with Gasteiger partial charge in [0.1, 0.15) is 5.75 Å². The highest BCUT2D eigenvalue weighted by atomic mass is 79.9. The lowest BCUT2D eigenvalue weighted by atomic mass is 10.1. The average Bonchev–Trinajstić information content (AvgIpc) is 2.91. The summed E-state index contributed by atoms with van der Waals surface area (Å²) in [5, 5.41) is 4.98. The molecule has 0 bridgehead atoms. The Hall–Kier alpha value is -2.73. The van der Waals surface area contributed by atoms with Crippen LogP contribution in [0.3, 0.4) is 0 Å². The van der Waals surface area contributed by atoms with E-state index in [0.717, 1.165) is 21.7 Å². The smallest absolute Gasteiger partial charge is 0.262 e. The highest BCUT2D eigenvalue weighted by Crippen LogP contribution is 2.32. The molecule has 0 atom stereocenters. The lowest BCUT2D eigenvalue weighted by Crippen LogP contribution is -2.20. The molecule has 0 unspecified atom stereocenters. The number of ether oxygens (including phenoxy) is 3. The summed E-state index contributed by atoms with van der Waals surface area (Å²) in [4.78, 5) is 12.2. The number of fused-ring (bicyclic) bond motifs is 2. The zero-order valence-electron chi connectivity index (χ0n) is 14.5. The van der Waals surface area contributed by atoms with Gasteiger partial charge in [-0.1, -0.05) is 28.1 Å². The predicted octanol–water partition coefficient (Wildman–Crippen LogP) is 4.78. The van der Waals surface area contributed by atoms with Crippen LogP contribution in [0.1, 0.15) is 6.42 Å². The van der Waals surface area contributed by atoms with Gasteiger partial charge in [0.15, 0.2) is 18.1 Å². The first-order chi connectivity index (χ1) is 13.2. The van der Waals surface area contributed by atoms with Crippen molar-refractivity contribution in [2.45, 2.75) is 6.42 Å². The van der Waals surface area contributed by atoms with Crippen molar-refractivity contribution in [2.75, 3.05) is 25.1 Å². The number of nitrogens with one attached hydrogen (secondary N) is 1. The minimum atomic E-state index is -0.236. The first-order valence-corrected chi connectivity index (χ1v) is 9.48. The number of hydrogen-bond donors (Lipinski definition) is 1. The molecule has 0 saturated heterocycles. The van der Waals surface area contributed by atoms with E-state index in [1.54, 1.807) is 18.2 Å². The molecule has 6 heteroatoms. The Morgan fingerprint density at radius 3 is 2.63 bits per heavy atom. The van der Waals surface area contributed by atoms with E-state index < -0.39 is 0 Å². The summed E-state index contributed by atoms with van der Waals surface area (Å²) in [7, 11) is 0. The summed E-state index contributed by atoms with van der Waals surface area (Å²) >= 11 is 3.46.